The van der Waals surface area contributed by atoms with Crippen LogP contribution >= 0.6 is 15.9 Å². The number of rotatable bonds is 5. The van der Waals surface area contributed by atoms with Crippen LogP contribution in [0.15, 0.2) is 28.7 Å². The Hall–Kier alpha value is -1.62. The Morgan fingerprint density at radius 1 is 1.10 bits per heavy atom. The van der Waals surface area contributed by atoms with Crippen molar-refractivity contribution in [2.24, 2.45) is 0 Å². The third-order valence-corrected chi connectivity index (χ3v) is 3.39. The van der Waals surface area contributed by atoms with E-state index in [0.717, 1.165) is 40.6 Å². The predicted octanol–water partition coefficient (Wildman–Crippen LogP) is 4.29. The normalized spacial score (nSPS) is 10.4. The van der Waals surface area contributed by atoms with Gasteiger partial charge < -0.3 is 10.6 Å². The maximum atomic E-state index is 4.52. The fourth-order valence-electron chi connectivity index (χ4n) is 1.90. The molecule has 1 heterocycles. The number of aromatic nitrogens is 2. The Balaban J connectivity index is 2.29. The molecule has 5 heteroatoms. The molecule has 4 nitrogen and oxygen atoms in total. The van der Waals surface area contributed by atoms with Crippen LogP contribution < -0.4 is 10.6 Å². The average molecular weight is 335 g/mol. The van der Waals surface area contributed by atoms with Crippen molar-refractivity contribution < 1.29 is 0 Å². The van der Waals surface area contributed by atoms with Crippen LogP contribution in [0.3, 0.4) is 0 Å². The fraction of sp³-hybridized carbons (Fsp3) is 0.333. The largest absolute Gasteiger partial charge is 0.370 e. The van der Waals surface area contributed by atoms with Crippen molar-refractivity contribution >= 4 is 33.3 Å². The van der Waals surface area contributed by atoms with Crippen LogP contribution in [0.2, 0.25) is 0 Å². The van der Waals surface area contributed by atoms with Gasteiger partial charge in [0.05, 0.1) is 0 Å². The summed E-state index contributed by atoms with van der Waals surface area (Å²) in [7, 11) is 0. The van der Waals surface area contributed by atoms with E-state index >= 15 is 0 Å². The van der Waals surface area contributed by atoms with Crippen LogP contribution in [0.4, 0.5) is 17.3 Å². The van der Waals surface area contributed by atoms with Gasteiger partial charge in [0, 0.05) is 29.2 Å². The third-order valence-electron chi connectivity index (χ3n) is 2.90. The van der Waals surface area contributed by atoms with Gasteiger partial charge in [-0.3, -0.25) is 0 Å². The lowest BCUT2D eigenvalue weighted by Crippen LogP contribution is -2.06. The highest BCUT2D eigenvalue weighted by Crippen LogP contribution is 2.24. The fourth-order valence-corrected chi connectivity index (χ4v) is 2.37. The van der Waals surface area contributed by atoms with Crippen LogP contribution in [0.5, 0.6) is 0 Å². The van der Waals surface area contributed by atoms with Crippen molar-refractivity contribution in [2.75, 3.05) is 17.2 Å². The number of nitrogens with zero attached hydrogens (tertiary/aromatic N) is 2. The van der Waals surface area contributed by atoms with Gasteiger partial charge in [-0.1, -0.05) is 22.9 Å². The van der Waals surface area contributed by atoms with Gasteiger partial charge in [-0.15, -0.1) is 0 Å². The van der Waals surface area contributed by atoms with E-state index in [1.165, 1.54) is 5.56 Å². The zero-order chi connectivity index (χ0) is 14.5. The molecule has 0 aliphatic heterocycles. The maximum absolute atomic E-state index is 4.52. The van der Waals surface area contributed by atoms with Crippen molar-refractivity contribution in [1.82, 2.24) is 9.97 Å². The summed E-state index contributed by atoms with van der Waals surface area (Å²) in [6.45, 7) is 7.02. The molecule has 0 aliphatic carbocycles. The van der Waals surface area contributed by atoms with E-state index < -0.39 is 0 Å². The summed E-state index contributed by atoms with van der Waals surface area (Å²) in [5, 5.41) is 6.59. The van der Waals surface area contributed by atoms with Gasteiger partial charge in [0.1, 0.15) is 17.5 Å². The molecule has 0 unspecified atom stereocenters. The Bertz CT molecular complexity index is 598. The molecule has 2 rings (SSSR count). The van der Waals surface area contributed by atoms with Crippen molar-refractivity contribution in [3.05, 3.63) is 40.1 Å². The molecule has 2 aromatic rings. The molecule has 0 bridgehead atoms. The maximum Gasteiger partial charge on any atom is 0.136 e. The first kappa shape index (κ1) is 14.8. The number of benzene rings is 1. The average Bonchev–Trinajstić information content (AvgIpc) is 2.42. The van der Waals surface area contributed by atoms with E-state index in [4.69, 9.17) is 0 Å². The van der Waals surface area contributed by atoms with Crippen LogP contribution in [0.1, 0.15) is 25.2 Å². The number of nitrogens with one attached hydrogen (secondary N) is 2. The standard InChI is InChI=1S/C15H19BrN4/c1-4-13-19-14(17-5-2)9-15(20-13)18-12-7-6-11(16)8-10(12)3/h6-9H,4-5H2,1-3H3,(H2,17,18,19,20). The van der Waals surface area contributed by atoms with E-state index in [-0.39, 0.29) is 0 Å². The molecule has 2 N–H and O–H groups in total. The Labute approximate surface area is 128 Å². The van der Waals surface area contributed by atoms with E-state index in [0.29, 0.717) is 0 Å². The molecule has 0 aliphatic rings. The number of anilines is 3. The Morgan fingerprint density at radius 2 is 1.85 bits per heavy atom. The van der Waals surface area contributed by atoms with Crippen molar-refractivity contribution in [3.63, 3.8) is 0 Å². The molecular weight excluding hydrogens is 316 g/mol. The lowest BCUT2D eigenvalue weighted by molar-refractivity contribution is 0.939. The van der Waals surface area contributed by atoms with Crippen molar-refractivity contribution in [3.8, 4) is 0 Å². The van der Waals surface area contributed by atoms with Crippen LogP contribution in [0.25, 0.3) is 0 Å². The first-order valence-corrected chi connectivity index (χ1v) is 7.56. The second-order valence-electron chi connectivity index (χ2n) is 4.52. The van der Waals surface area contributed by atoms with Gasteiger partial charge in [-0.2, -0.15) is 0 Å². The van der Waals surface area contributed by atoms with Gasteiger partial charge >= 0.3 is 0 Å². The predicted molar refractivity (Wildman–Crippen MR) is 87.7 cm³/mol. The highest BCUT2D eigenvalue weighted by atomic mass is 79.9. The highest BCUT2D eigenvalue weighted by Gasteiger charge is 2.05. The molecular formula is C15H19BrN4. The number of aryl methyl sites for hydroxylation is 2. The van der Waals surface area contributed by atoms with Gasteiger partial charge in [-0.25, -0.2) is 9.97 Å². The third kappa shape index (κ3) is 3.70. The quantitative estimate of drug-likeness (QED) is 0.856. The molecule has 0 radical (unpaired) electrons. The Kier molecular flexibility index (Phi) is 4.95. The van der Waals surface area contributed by atoms with Crippen molar-refractivity contribution in [2.45, 2.75) is 27.2 Å². The molecule has 1 aromatic heterocycles. The SMILES string of the molecule is CCNc1cc(Nc2ccc(Br)cc2C)nc(CC)n1. The summed E-state index contributed by atoms with van der Waals surface area (Å²) >= 11 is 3.47. The Morgan fingerprint density at radius 3 is 2.50 bits per heavy atom. The highest BCUT2D eigenvalue weighted by molar-refractivity contribution is 9.10. The van der Waals surface area contributed by atoms with E-state index in [9.17, 15) is 0 Å². The molecule has 0 atom stereocenters. The van der Waals surface area contributed by atoms with Gasteiger partial charge in [0.2, 0.25) is 0 Å². The molecule has 106 valence electrons. The zero-order valence-electron chi connectivity index (χ0n) is 12.0. The number of hydrogen-bond acceptors (Lipinski definition) is 4. The van der Waals surface area contributed by atoms with E-state index in [1.54, 1.807) is 0 Å². The lowest BCUT2D eigenvalue weighted by Gasteiger charge is -2.12. The molecule has 0 amide bonds. The lowest BCUT2D eigenvalue weighted by atomic mass is 10.2. The van der Waals surface area contributed by atoms with E-state index in [1.807, 2.05) is 18.2 Å². The molecule has 0 saturated heterocycles. The molecule has 0 spiro atoms. The number of hydrogen-bond donors (Lipinski definition) is 2. The van der Waals surface area contributed by atoms with Gasteiger partial charge in [0.25, 0.3) is 0 Å². The molecule has 0 saturated carbocycles. The monoisotopic (exact) mass is 334 g/mol. The summed E-state index contributed by atoms with van der Waals surface area (Å²) < 4.78 is 1.07. The van der Waals surface area contributed by atoms with Crippen molar-refractivity contribution in [1.29, 1.82) is 0 Å². The van der Waals surface area contributed by atoms with E-state index in [2.05, 4.69) is 63.4 Å². The minimum Gasteiger partial charge on any atom is -0.370 e. The van der Waals surface area contributed by atoms with Gasteiger partial charge in [-0.05, 0) is 37.6 Å². The summed E-state index contributed by atoms with van der Waals surface area (Å²) in [6, 6.07) is 8.07. The number of halogens is 1. The molecule has 0 fully saturated rings. The molecule has 20 heavy (non-hydrogen) atoms. The first-order chi connectivity index (χ1) is 9.62. The topological polar surface area (TPSA) is 49.8 Å². The summed E-state index contributed by atoms with van der Waals surface area (Å²) in [4.78, 5) is 8.97. The minimum absolute atomic E-state index is 0.813. The minimum atomic E-state index is 0.813. The summed E-state index contributed by atoms with van der Waals surface area (Å²) in [5.41, 5.74) is 2.22. The smallest absolute Gasteiger partial charge is 0.136 e. The van der Waals surface area contributed by atoms with Crippen LogP contribution in [0, 0.1) is 6.92 Å². The van der Waals surface area contributed by atoms with Gasteiger partial charge in [0.15, 0.2) is 0 Å². The zero-order valence-corrected chi connectivity index (χ0v) is 13.6. The van der Waals surface area contributed by atoms with Crippen LogP contribution in [-0.4, -0.2) is 16.5 Å². The second kappa shape index (κ2) is 6.70. The second-order valence-corrected chi connectivity index (χ2v) is 5.44. The summed E-state index contributed by atoms with van der Waals surface area (Å²) in [5.74, 6) is 2.51. The van der Waals surface area contributed by atoms with Crippen LogP contribution in [-0.2, 0) is 6.42 Å². The first-order valence-electron chi connectivity index (χ1n) is 6.77. The molecule has 1 aromatic carbocycles. The summed E-state index contributed by atoms with van der Waals surface area (Å²) in [6.07, 6.45) is 0.813.